The Labute approximate surface area is 171 Å². The zero-order chi connectivity index (χ0) is 19.3. The molecule has 28 heavy (non-hydrogen) atoms. The minimum absolute atomic E-state index is 0.0510. The smallest absolute Gasteiger partial charge is 0.317 e. The Hall–Kier alpha value is -2.12. The molecule has 3 heterocycles. The molecule has 0 bridgehead atoms. The van der Waals surface area contributed by atoms with Gasteiger partial charge in [0.1, 0.15) is 0 Å². The molecular formula is C21H29N5OS. The van der Waals surface area contributed by atoms with E-state index in [1.165, 1.54) is 18.4 Å². The number of rotatable bonds is 5. The third-order valence-corrected chi connectivity index (χ3v) is 6.68. The minimum atomic E-state index is 0.0510. The molecule has 0 saturated carbocycles. The summed E-state index contributed by atoms with van der Waals surface area (Å²) in [6.45, 7) is 8.07. The predicted octanol–water partition coefficient (Wildman–Crippen LogP) is 3.12. The fraction of sp³-hybridized carbons (Fsp3) is 0.524. The second kappa shape index (κ2) is 8.92. The van der Waals surface area contributed by atoms with Crippen LogP contribution in [0.5, 0.6) is 0 Å². The van der Waals surface area contributed by atoms with Gasteiger partial charge in [0.2, 0.25) is 0 Å². The number of aryl methyl sites for hydroxylation is 1. The number of aromatic nitrogens is 1. The predicted molar refractivity (Wildman–Crippen MR) is 114 cm³/mol. The number of amides is 2. The van der Waals surface area contributed by atoms with Crippen molar-refractivity contribution >= 4 is 22.5 Å². The van der Waals surface area contributed by atoms with Gasteiger partial charge in [-0.3, -0.25) is 4.90 Å². The number of piperazine rings is 1. The monoisotopic (exact) mass is 399 g/mol. The molecule has 1 unspecified atom stereocenters. The molecule has 1 N–H and O–H groups in total. The van der Waals surface area contributed by atoms with Crippen LogP contribution in [0, 0.1) is 6.92 Å². The van der Waals surface area contributed by atoms with Crippen LogP contribution in [0.15, 0.2) is 35.7 Å². The number of benzene rings is 1. The van der Waals surface area contributed by atoms with Gasteiger partial charge in [-0.25, -0.2) is 9.78 Å². The number of hydrogen-bond donors (Lipinski definition) is 1. The van der Waals surface area contributed by atoms with E-state index in [1.807, 2.05) is 17.9 Å². The van der Waals surface area contributed by atoms with E-state index >= 15 is 0 Å². The number of nitrogens with zero attached hydrogens (tertiary/aromatic N) is 4. The van der Waals surface area contributed by atoms with Crippen molar-refractivity contribution in [3.63, 3.8) is 0 Å². The molecule has 2 fully saturated rings. The molecular weight excluding hydrogens is 370 g/mol. The molecule has 6 nitrogen and oxygen atoms in total. The fourth-order valence-corrected chi connectivity index (χ4v) is 4.93. The summed E-state index contributed by atoms with van der Waals surface area (Å²) in [5.74, 6) is 0. The number of carbonyl (C=O) groups excluding carboxylic acids is 1. The van der Waals surface area contributed by atoms with Gasteiger partial charge in [0.15, 0.2) is 5.13 Å². The van der Waals surface area contributed by atoms with E-state index in [4.69, 9.17) is 0 Å². The minimum Gasteiger partial charge on any atom is -0.345 e. The van der Waals surface area contributed by atoms with Crippen molar-refractivity contribution in [2.75, 3.05) is 50.7 Å². The average molecular weight is 400 g/mol. The number of anilines is 1. The van der Waals surface area contributed by atoms with Crippen molar-refractivity contribution in [3.05, 3.63) is 47.0 Å². The van der Waals surface area contributed by atoms with Gasteiger partial charge in [-0.2, -0.15) is 0 Å². The fourth-order valence-electron chi connectivity index (χ4n) is 4.07. The van der Waals surface area contributed by atoms with Gasteiger partial charge in [-0.1, -0.05) is 30.3 Å². The third-order valence-electron chi connectivity index (χ3n) is 5.66. The maximum absolute atomic E-state index is 12.8. The van der Waals surface area contributed by atoms with E-state index in [0.29, 0.717) is 6.54 Å². The van der Waals surface area contributed by atoms with Gasteiger partial charge in [0, 0.05) is 38.1 Å². The summed E-state index contributed by atoms with van der Waals surface area (Å²) in [7, 11) is 0. The van der Waals surface area contributed by atoms with Gasteiger partial charge >= 0.3 is 6.03 Å². The highest BCUT2D eigenvalue weighted by Gasteiger charge is 2.26. The van der Waals surface area contributed by atoms with E-state index < -0.39 is 0 Å². The standard InChI is InChI=1S/C21H29N5OS/c1-17-16-28-21(23-17)26-13-11-25(12-14-26)20(27)22-15-19(24-9-5-6-10-24)18-7-3-2-4-8-18/h2-4,7-8,16,19H,5-6,9-15H2,1H3,(H,22,27). The Morgan fingerprint density at radius 3 is 2.46 bits per heavy atom. The molecule has 7 heteroatoms. The van der Waals surface area contributed by atoms with Crippen LogP contribution in [0.25, 0.3) is 0 Å². The first-order chi connectivity index (χ1) is 13.7. The van der Waals surface area contributed by atoms with Crippen molar-refractivity contribution in [1.82, 2.24) is 20.1 Å². The van der Waals surface area contributed by atoms with Crippen molar-refractivity contribution in [1.29, 1.82) is 0 Å². The molecule has 0 aliphatic carbocycles. The van der Waals surface area contributed by atoms with Gasteiger partial charge in [-0.15, -0.1) is 11.3 Å². The molecule has 2 aliphatic rings. The first-order valence-corrected chi connectivity index (χ1v) is 11.1. The second-order valence-electron chi connectivity index (χ2n) is 7.60. The number of urea groups is 1. The number of hydrogen-bond acceptors (Lipinski definition) is 5. The van der Waals surface area contributed by atoms with E-state index in [1.54, 1.807) is 11.3 Å². The number of carbonyl (C=O) groups is 1. The first kappa shape index (κ1) is 19.2. The van der Waals surface area contributed by atoms with Crippen LogP contribution in [0.1, 0.15) is 30.1 Å². The third kappa shape index (κ3) is 4.47. The summed E-state index contributed by atoms with van der Waals surface area (Å²) in [6, 6.07) is 10.9. The highest BCUT2D eigenvalue weighted by molar-refractivity contribution is 7.13. The number of likely N-dealkylation sites (tertiary alicyclic amines) is 1. The molecule has 1 aromatic heterocycles. The van der Waals surface area contributed by atoms with Crippen molar-refractivity contribution < 1.29 is 4.79 Å². The first-order valence-electron chi connectivity index (χ1n) is 10.2. The van der Waals surface area contributed by atoms with Gasteiger partial charge in [-0.05, 0) is 38.4 Å². The Bertz CT molecular complexity index is 766. The molecule has 4 rings (SSSR count). The van der Waals surface area contributed by atoms with Crippen LogP contribution < -0.4 is 10.2 Å². The van der Waals surface area contributed by atoms with Crippen LogP contribution in [-0.4, -0.2) is 66.6 Å². The summed E-state index contributed by atoms with van der Waals surface area (Å²) in [6.07, 6.45) is 2.49. The lowest BCUT2D eigenvalue weighted by Gasteiger charge is -2.35. The zero-order valence-corrected chi connectivity index (χ0v) is 17.3. The van der Waals surface area contributed by atoms with Crippen LogP contribution >= 0.6 is 11.3 Å². The maximum atomic E-state index is 12.8. The molecule has 150 valence electrons. The normalized spacial score (nSPS) is 19.0. The number of thiazole rings is 1. The summed E-state index contributed by atoms with van der Waals surface area (Å²) >= 11 is 1.68. The molecule has 1 aromatic carbocycles. The van der Waals surface area contributed by atoms with Gasteiger partial charge in [0.25, 0.3) is 0 Å². The van der Waals surface area contributed by atoms with E-state index in [9.17, 15) is 4.79 Å². The highest BCUT2D eigenvalue weighted by Crippen LogP contribution is 2.25. The lowest BCUT2D eigenvalue weighted by atomic mass is 10.1. The molecule has 2 aromatic rings. The largest absolute Gasteiger partial charge is 0.345 e. The molecule has 0 radical (unpaired) electrons. The van der Waals surface area contributed by atoms with Gasteiger partial charge in [0.05, 0.1) is 11.7 Å². The van der Waals surface area contributed by atoms with Crippen LogP contribution in [0.3, 0.4) is 0 Å². The number of nitrogens with one attached hydrogen (secondary N) is 1. The highest BCUT2D eigenvalue weighted by atomic mass is 32.1. The van der Waals surface area contributed by atoms with Crippen LogP contribution in [0.4, 0.5) is 9.93 Å². The summed E-state index contributed by atoms with van der Waals surface area (Å²) in [4.78, 5) is 24.0. The maximum Gasteiger partial charge on any atom is 0.317 e. The van der Waals surface area contributed by atoms with E-state index in [-0.39, 0.29) is 12.1 Å². The van der Waals surface area contributed by atoms with Crippen molar-refractivity contribution in [2.45, 2.75) is 25.8 Å². The Kier molecular flexibility index (Phi) is 6.12. The second-order valence-corrected chi connectivity index (χ2v) is 8.44. The SMILES string of the molecule is Cc1csc(N2CCN(C(=O)NCC(c3ccccc3)N3CCCC3)CC2)n1. The topological polar surface area (TPSA) is 51.7 Å². The average Bonchev–Trinajstić information content (AvgIpc) is 3.41. The van der Waals surface area contributed by atoms with Crippen molar-refractivity contribution in [2.24, 2.45) is 0 Å². The summed E-state index contributed by atoms with van der Waals surface area (Å²) < 4.78 is 0. The Morgan fingerprint density at radius 1 is 1.11 bits per heavy atom. The molecule has 2 amide bonds. The Morgan fingerprint density at radius 2 is 1.82 bits per heavy atom. The van der Waals surface area contributed by atoms with Crippen LogP contribution in [0.2, 0.25) is 0 Å². The summed E-state index contributed by atoms with van der Waals surface area (Å²) in [5.41, 5.74) is 2.35. The quantitative estimate of drug-likeness (QED) is 0.839. The van der Waals surface area contributed by atoms with Crippen LogP contribution in [-0.2, 0) is 0 Å². The Balaban J connectivity index is 1.31. The molecule has 0 spiro atoms. The van der Waals surface area contributed by atoms with Gasteiger partial charge < -0.3 is 15.1 Å². The molecule has 1 atom stereocenters. The van der Waals surface area contributed by atoms with E-state index in [2.05, 4.69) is 49.7 Å². The summed E-state index contributed by atoms with van der Waals surface area (Å²) in [5, 5.41) is 6.35. The molecule has 2 saturated heterocycles. The van der Waals surface area contributed by atoms with E-state index in [0.717, 1.165) is 50.1 Å². The lowest BCUT2D eigenvalue weighted by molar-refractivity contribution is 0.185. The molecule has 2 aliphatic heterocycles. The van der Waals surface area contributed by atoms with Crippen molar-refractivity contribution in [3.8, 4) is 0 Å². The zero-order valence-electron chi connectivity index (χ0n) is 16.5. The lowest BCUT2D eigenvalue weighted by Crippen LogP contribution is -2.52.